The van der Waals surface area contributed by atoms with Gasteiger partial charge in [-0.15, -0.1) is 0 Å². The van der Waals surface area contributed by atoms with Crippen LogP contribution in [0.4, 0.5) is 0 Å². The van der Waals surface area contributed by atoms with Crippen LogP contribution in [0.5, 0.6) is 5.75 Å². The van der Waals surface area contributed by atoms with Gasteiger partial charge in [0.25, 0.3) is 0 Å². The number of hydrogen-bond donors (Lipinski definition) is 0. The second kappa shape index (κ2) is 8.54. The van der Waals surface area contributed by atoms with Crippen LogP contribution in [0.25, 0.3) is 0 Å². The maximum atomic E-state index is 5.61. The van der Waals surface area contributed by atoms with Crippen LogP contribution in [0.1, 0.15) is 25.8 Å². The molecule has 0 heterocycles. The normalized spacial score (nSPS) is 12.7. The minimum absolute atomic E-state index is 0.317. The van der Waals surface area contributed by atoms with E-state index in [4.69, 9.17) is 9.47 Å². The third-order valence-electron chi connectivity index (χ3n) is 2.85. The van der Waals surface area contributed by atoms with E-state index in [-0.39, 0.29) is 0 Å². The summed E-state index contributed by atoms with van der Waals surface area (Å²) in [7, 11) is 1.71. The van der Waals surface area contributed by atoms with Gasteiger partial charge < -0.3 is 9.47 Å². The van der Waals surface area contributed by atoms with E-state index in [0.29, 0.717) is 12.0 Å². The summed E-state index contributed by atoms with van der Waals surface area (Å²) in [6, 6.07) is 8.29. The Morgan fingerprint density at radius 1 is 1.28 bits per heavy atom. The summed E-state index contributed by atoms with van der Waals surface area (Å²) in [6.45, 7) is 4.98. The van der Waals surface area contributed by atoms with Gasteiger partial charge in [-0.3, -0.25) is 0 Å². The van der Waals surface area contributed by atoms with E-state index in [2.05, 4.69) is 41.9 Å². The Labute approximate surface area is 119 Å². The SMILES string of the molecule is COc1cccc(CC(CBr)CCOC(C)C)c1. The van der Waals surface area contributed by atoms with E-state index in [0.717, 1.165) is 30.5 Å². The molecule has 0 saturated heterocycles. The smallest absolute Gasteiger partial charge is 0.119 e. The van der Waals surface area contributed by atoms with Crippen molar-refractivity contribution >= 4 is 15.9 Å². The predicted octanol–water partition coefficient (Wildman–Crippen LogP) is 4.06. The first-order valence-corrected chi connectivity index (χ1v) is 7.58. The zero-order chi connectivity index (χ0) is 13.4. The number of hydrogen-bond acceptors (Lipinski definition) is 2. The summed E-state index contributed by atoms with van der Waals surface area (Å²) in [5, 5.41) is 1.01. The quantitative estimate of drug-likeness (QED) is 0.674. The molecule has 3 heteroatoms. The van der Waals surface area contributed by atoms with Gasteiger partial charge >= 0.3 is 0 Å². The maximum Gasteiger partial charge on any atom is 0.119 e. The Morgan fingerprint density at radius 3 is 2.67 bits per heavy atom. The summed E-state index contributed by atoms with van der Waals surface area (Å²) in [5.74, 6) is 1.54. The lowest BCUT2D eigenvalue weighted by Gasteiger charge is -2.16. The molecule has 102 valence electrons. The lowest BCUT2D eigenvalue weighted by atomic mass is 9.98. The van der Waals surface area contributed by atoms with Gasteiger partial charge in [-0.2, -0.15) is 0 Å². The van der Waals surface area contributed by atoms with Crippen molar-refractivity contribution < 1.29 is 9.47 Å². The molecule has 0 bridgehead atoms. The Morgan fingerprint density at radius 2 is 2.06 bits per heavy atom. The first-order valence-electron chi connectivity index (χ1n) is 6.46. The number of ether oxygens (including phenoxy) is 2. The van der Waals surface area contributed by atoms with Crippen molar-refractivity contribution in [3.05, 3.63) is 29.8 Å². The Hall–Kier alpha value is -0.540. The molecule has 0 aromatic heterocycles. The molecular weight excluding hydrogens is 292 g/mol. The topological polar surface area (TPSA) is 18.5 Å². The van der Waals surface area contributed by atoms with Gasteiger partial charge in [0.15, 0.2) is 0 Å². The second-order valence-electron chi connectivity index (χ2n) is 4.78. The number of rotatable bonds is 8. The molecule has 1 atom stereocenters. The van der Waals surface area contributed by atoms with E-state index in [1.54, 1.807) is 7.11 Å². The molecule has 0 fully saturated rings. The third-order valence-corrected chi connectivity index (χ3v) is 3.77. The molecular formula is C15H23BrO2. The molecule has 0 N–H and O–H groups in total. The Bertz CT molecular complexity index is 339. The largest absolute Gasteiger partial charge is 0.497 e. The lowest BCUT2D eigenvalue weighted by molar-refractivity contribution is 0.0701. The van der Waals surface area contributed by atoms with Gasteiger partial charge in [0.1, 0.15) is 5.75 Å². The molecule has 0 spiro atoms. The van der Waals surface area contributed by atoms with Crippen molar-refractivity contribution in [2.24, 2.45) is 5.92 Å². The fourth-order valence-corrected chi connectivity index (χ4v) is 2.39. The molecule has 0 amide bonds. The third kappa shape index (κ3) is 5.87. The predicted molar refractivity (Wildman–Crippen MR) is 79.7 cm³/mol. The molecule has 0 radical (unpaired) electrons. The van der Waals surface area contributed by atoms with Crippen LogP contribution in [-0.2, 0) is 11.2 Å². The number of halogens is 1. The van der Waals surface area contributed by atoms with Crippen LogP contribution in [-0.4, -0.2) is 25.2 Å². The molecule has 1 rings (SSSR count). The highest BCUT2D eigenvalue weighted by molar-refractivity contribution is 9.09. The van der Waals surface area contributed by atoms with Crippen LogP contribution in [0.15, 0.2) is 24.3 Å². The zero-order valence-corrected chi connectivity index (χ0v) is 13.1. The van der Waals surface area contributed by atoms with Gasteiger partial charge in [-0.1, -0.05) is 28.1 Å². The van der Waals surface area contributed by atoms with E-state index < -0.39 is 0 Å². The van der Waals surface area contributed by atoms with Gasteiger partial charge in [0.05, 0.1) is 13.2 Å². The Balaban J connectivity index is 2.46. The fourth-order valence-electron chi connectivity index (χ4n) is 1.84. The van der Waals surface area contributed by atoms with Crippen LogP contribution < -0.4 is 4.74 Å². The van der Waals surface area contributed by atoms with Crippen molar-refractivity contribution in [3.8, 4) is 5.75 Å². The molecule has 18 heavy (non-hydrogen) atoms. The number of alkyl halides is 1. The average molecular weight is 315 g/mol. The van der Waals surface area contributed by atoms with Gasteiger partial charge in [-0.25, -0.2) is 0 Å². The molecule has 0 saturated carbocycles. The summed E-state index contributed by atoms with van der Waals surface area (Å²) < 4.78 is 10.9. The summed E-state index contributed by atoms with van der Waals surface area (Å²) in [4.78, 5) is 0. The maximum absolute atomic E-state index is 5.61. The second-order valence-corrected chi connectivity index (χ2v) is 5.43. The van der Waals surface area contributed by atoms with Crippen LogP contribution >= 0.6 is 15.9 Å². The van der Waals surface area contributed by atoms with Crippen molar-refractivity contribution in [1.82, 2.24) is 0 Å². The zero-order valence-electron chi connectivity index (χ0n) is 11.5. The lowest BCUT2D eigenvalue weighted by Crippen LogP contribution is -2.12. The van der Waals surface area contributed by atoms with Gasteiger partial charge in [-0.05, 0) is 50.3 Å². The van der Waals surface area contributed by atoms with E-state index in [1.807, 2.05) is 12.1 Å². The highest BCUT2D eigenvalue weighted by Gasteiger charge is 2.09. The monoisotopic (exact) mass is 314 g/mol. The van der Waals surface area contributed by atoms with Crippen molar-refractivity contribution in [1.29, 1.82) is 0 Å². The molecule has 2 nitrogen and oxygen atoms in total. The van der Waals surface area contributed by atoms with E-state index in [1.165, 1.54) is 5.56 Å². The number of methoxy groups -OCH3 is 1. The van der Waals surface area contributed by atoms with Crippen molar-refractivity contribution in [2.75, 3.05) is 19.0 Å². The summed E-state index contributed by atoms with van der Waals surface area (Å²) >= 11 is 3.59. The first kappa shape index (κ1) is 15.5. The molecule has 0 aliphatic heterocycles. The van der Waals surface area contributed by atoms with Crippen LogP contribution in [0.3, 0.4) is 0 Å². The van der Waals surface area contributed by atoms with E-state index >= 15 is 0 Å². The fraction of sp³-hybridized carbons (Fsp3) is 0.600. The molecule has 0 aliphatic carbocycles. The van der Waals surface area contributed by atoms with Gasteiger partial charge in [0, 0.05) is 11.9 Å². The van der Waals surface area contributed by atoms with E-state index in [9.17, 15) is 0 Å². The average Bonchev–Trinajstić information content (AvgIpc) is 2.37. The molecule has 1 unspecified atom stereocenters. The minimum Gasteiger partial charge on any atom is -0.497 e. The highest BCUT2D eigenvalue weighted by Crippen LogP contribution is 2.19. The summed E-state index contributed by atoms with van der Waals surface area (Å²) in [6.07, 6.45) is 2.46. The molecule has 1 aromatic rings. The molecule has 1 aromatic carbocycles. The minimum atomic E-state index is 0.317. The van der Waals surface area contributed by atoms with Crippen LogP contribution in [0, 0.1) is 5.92 Å². The summed E-state index contributed by atoms with van der Waals surface area (Å²) in [5.41, 5.74) is 1.32. The van der Waals surface area contributed by atoms with Crippen LogP contribution in [0.2, 0.25) is 0 Å². The van der Waals surface area contributed by atoms with Crippen molar-refractivity contribution in [2.45, 2.75) is 32.8 Å². The number of benzene rings is 1. The molecule has 0 aliphatic rings. The van der Waals surface area contributed by atoms with Gasteiger partial charge in [0.2, 0.25) is 0 Å². The highest BCUT2D eigenvalue weighted by atomic mass is 79.9. The standard InChI is InChI=1S/C15H23BrO2/c1-12(2)18-8-7-14(11-16)9-13-5-4-6-15(10-13)17-3/h4-6,10,12,14H,7-9,11H2,1-3H3. The van der Waals surface area contributed by atoms with Crippen molar-refractivity contribution in [3.63, 3.8) is 0 Å². The Kier molecular flexibility index (Phi) is 7.36. The first-order chi connectivity index (χ1) is 8.65.